The number of carboxylic acids is 1. The summed E-state index contributed by atoms with van der Waals surface area (Å²) in [7, 11) is 1.03. The lowest BCUT2D eigenvalue weighted by atomic mass is 10.0. The van der Waals surface area contributed by atoms with Crippen LogP contribution in [0.4, 0.5) is 22.4 Å². The first kappa shape index (κ1) is 26.4. The first-order chi connectivity index (χ1) is 17.5. The minimum Gasteiger partial charge on any atom is -0.480 e. The van der Waals surface area contributed by atoms with E-state index >= 15 is 0 Å². The normalized spacial score (nSPS) is 21.3. The molecule has 196 valence electrons. The van der Waals surface area contributed by atoms with Gasteiger partial charge in [0.25, 0.3) is 5.92 Å². The van der Waals surface area contributed by atoms with Gasteiger partial charge in [0, 0.05) is 29.7 Å². The van der Waals surface area contributed by atoms with E-state index in [2.05, 4.69) is 20.0 Å². The SMILES string of the molecule is COC(=O)OC1=C(CN2CC(F)(F)C[C@H]2C(=O)O)NC(c2ncccc2F)=N[C@@H]1c1ccc(F)cc1Cl. The maximum absolute atomic E-state index is 14.6. The largest absolute Gasteiger partial charge is 0.513 e. The van der Waals surface area contributed by atoms with Gasteiger partial charge in [0.2, 0.25) is 0 Å². The van der Waals surface area contributed by atoms with Gasteiger partial charge in [-0.15, -0.1) is 0 Å². The minimum atomic E-state index is -3.30. The Kier molecular flexibility index (Phi) is 7.37. The number of amidine groups is 1. The standard InChI is InChI=1S/C23H19ClF4N4O5/c1-36-22(35)37-19-15(9-32-10-23(27,28)8-16(32)21(33)34)30-20(18-14(26)3-2-6-29-18)31-17(19)12-5-4-11(25)7-13(12)24/h2-7,16-17H,8-10H2,1H3,(H,30,31)(H,33,34)/t16-,17+/m0/s1. The number of carbonyl (C=O) groups excluding carboxylic acids is 1. The smallest absolute Gasteiger partial charge is 0.480 e. The molecule has 1 saturated heterocycles. The number of nitrogens with zero attached hydrogens (tertiary/aromatic N) is 3. The van der Waals surface area contributed by atoms with Gasteiger partial charge in [-0.05, 0) is 24.3 Å². The molecule has 4 rings (SSSR count). The van der Waals surface area contributed by atoms with Crippen molar-refractivity contribution < 1.29 is 41.7 Å². The third-order valence-corrected chi connectivity index (χ3v) is 6.01. The van der Waals surface area contributed by atoms with Gasteiger partial charge in [-0.3, -0.25) is 9.69 Å². The highest BCUT2D eigenvalue weighted by Gasteiger charge is 2.49. The summed E-state index contributed by atoms with van der Waals surface area (Å²) < 4.78 is 66.6. The van der Waals surface area contributed by atoms with E-state index in [4.69, 9.17) is 16.3 Å². The lowest BCUT2D eigenvalue weighted by Gasteiger charge is -2.30. The number of nitrogens with one attached hydrogen (secondary N) is 1. The van der Waals surface area contributed by atoms with Crippen molar-refractivity contribution in [3.05, 3.63) is 75.9 Å². The lowest BCUT2D eigenvalue weighted by molar-refractivity contribution is -0.142. The predicted octanol–water partition coefficient (Wildman–Crippen LogP) is 3.89. The van der Waals surface area contributed by atoms with Crippen LogP contribution in [0.3, 0.4) is 0 Å². The number of pyridine rings is 1. The highest BCUT2D eigenvalue weighted by atomic mass is 35.5. The van der Waals surface area contributed by atoms with Gasteiger partial charge >= 0.3 is 12.1 Å². The molecular weight excluding hydrogens is 524 g/mol. The number of aromatic nitrogens is 1. The predicted molar refractivity (Wildman–Crippen MR) is 121 cm³/mol. The molecule has 14 heteroatoms. The van der Waals surface area contributed by atoms with Gasteiger partial charge < -0.3 is 19.9 Å². The zero-order chi connectivity index (χ0) is 26.9. The van der Waals surface area contributed by atoms with Gasteiger partial charge in [0.1, 0.15) is 23.6 Å². The first-order valence-electron chi connectivity index (χ1n) is 10.7. The number of hydrogen-bond acceptors (Lipinski definition) is 8. The molecule has 0 saturated carbocycles. The average molecular weight is 543 g/mol. The number of carbonyl (C=O) groups is 2. The summed E-state index contributed by atoms with van der Waals surface area (Å²) in [4.78, 5) is 33.1. The van der Waals surface area contributed by atoms with E-state index in [1.807, 2.05) is 0 Å². The molecule has 0 spiro atoms. The van der Waals surface area contributed by atoms with Crippen molar-refractivity contribution in [3.8, 4) is 0 Å². The number of halogens is 5. The van der Waals surface area contributed by atoms with Crippen molar-refractivity contribution in [2.45, 2.75) is 24.4 Å². The number of carboxylic acid groups (broad SMARTS) is 1. The maximum atomic E-state index is 14.6. The Labute approximate surface area is 212 Å². The van der Waals surface area contributed by atoms with Crippen LogP contribution < -0.4 is 5.32 Å². The number of benzene rings is 1. The van der Waals surface area contributed by atoms with Crippen LogP contribution >= 0.6 is 11.6 Å². The molecule has 2 N–H and O–H groups in total. The highest BCUT2D eigenvalue weighted by molar-refractivity contribution is 6.31. The van der Waals surface area contributed by atoms with Crippen LogP contribution in [0.2, 0.25) is 5.02 Å². The topological polar surface area (TPSA) is 113 Å². The molecule has 2 aliphatic rings. The van der Waals surface area contributed by atoms with Crippen LogP contribution in [0.15, 0.2) is 53.0 Å². The average Bonchev–Trinajstić information content (AvgIpc) is 3.14. The molecule has 1 fully saturated rings. The van der Waals surface area contributed by atoms with Crippen LogP contribution in [0.5, 0.6) is 0 Å². The van der Waals surface area contributed by atoms with Crippen molar-refractivity contribution in [1.29, 1.82) is 0 Å². The third-order valence-electron chi connectivity index (χ3n) is 5.69. The molecule has 0 radical (unpaired) electrons. The van der Waals surface area contributed by atoms with Crippen molar-refractivity contribution in [3.63, 3.8) is 0 Å². The van der Waals surface area contributed by atoms with Crippen LogP contribution in [-0.2, 0) is 14.3 Å². The second kappa shape index (κ2) is 10.3. The summed E-state index contributed by atoms with van der Waals surface area (Å²) >= 11 is 6.24. The fourth-order valence-electron chi connectivity index (χ4n) is 4.07. The number of hydrogen-bond donors (Lipinski definition) is 2. The highest BCUT2D eigenvalue weighted by Crippen LogP contribution is 2.38. The molecule has 1 aromatic carbocycles. The fraction of sp³-hybridized carbons (Fsp3) is 0.304. The molecule has 0 bridgehead atoms. The van der Waals surface area contributed by atoms with Gasteiger partial charge in [-0.2, -0.15) is 0 Å². The number of likely N-dealkylation sites (tertiary alicyclic amines) is 1. The van der Waals surface area contributed by atoms with Gasteiger partial charge in [-0.25, -0.2) is 32.3 Å². The molecule has 3 heterocycles. The number of alkyl halides is 2. The molecule has 2 aromatic rings. The van der Waals surface area contributed by atoms with Crippen molar-refractivity contribution in [2.75, 3.05) is 20.2 Å². The molecule has 1 aromatic heterocycles. The van der Waals surface area contributed by atoms with E-state index in [-0.39, 0.29) is 33.6 Å². The third kappa shape index (κ3) is 5.67. The van der Waals surface area contributed by atoms with E-state index in [9.17, 15) is 32.3 Å². The molecule has 37 heavy (non-hydrogen) atoms. The van der Waals surface area contributed by atoms with Gasteiger partial charge in [0.15, 0.2) is 17.4 Å². The molecule has 2 aliphatic heterocycles. The molecule has 2 atom stereocenters. The number of aliphatic imine (C=N–C) groups is 1. The Morgan fingerprint density at radius 2 is 2.05 bits per heavy atom. The van der Waals surface area contributed by atoms with E-state index in [1.165, 1.54) is 18.3 Å². The van der Waals surface area contributed by atoms with Crippen LogP contribution in [-0.4, -0.2) is 65.1 Å². The Morgan fingerprint density at radius 3 is 2.70 bits per heavy atom. The Balaban J connectivity index is 1.87. The molecule has 0 amide bonds. The number of methoxy groups -OCH3 is 1. The van der Waals surface area contributed by atoms with Gasteiger partial charge in [0.05, 0.1) is 19.4 Å². The Hall–Kier alpha value is -3.71. The summed E-state index contributed by atoms with van der Waals surface area (Å²) in [5.74, 6) is -6.72. The fourth-order valence-corrected chi connectivity index (χ4v) is 4.34. The number of ether oxygens (including phenoxy) is 2. The second-order valence-electron chi connectivity index (χ2n) is 8.22. The van der Waals surface area contributed by atoms with Crippen LogP contribution in [0.25, 0.3) is 0 Å². The van der Waals surface area contributed by atoms with Gasteiger partial charge in [-0.1, -0.05) is 17.7 Å². The molecule has 0 aliphatic carbocycles. The molecule has 0 unspecified atom stereocenters. The van der Waals surface area contributed by atoms with Crippen LogP contribution in [0.1, 0.15) is 23.7 Å². The maximum Gasteiger partial charge on any atom is 0.513 e. The van der Waals surface area contributed by atoms with E-state index in [0.29, 0.717) is 0 Å². The number of rotatable bonds is 6. The lowest BCUT2D eigenvalue weighted by Crippen LogP contribution is -2.43. The first-order valence-corrected chi connectivity index (χ1v) is 11.1. The summed E-state index contributed by atoms with van der Waals surface area (Å²) in [6.45, 7) is -1.41. The van der Waals surface area contributed by atoms with Crippen molar-refractivity contribution >= 4 is 29.6 Å². The zero-order valence-electron chi connectivity index (χ0n) is 19.1. The van der Waals surface area contributed by atoms with Crippen LogP contribution in [0, 0.1) is 11.6 Å². The molecule has 9 nitrogen and oxygen atoms in total. The van der Waals surface area contributed by atoms with E-state index < -0.39 is 61.3 Å². The van der Waals surface area contributed by atoms with Crippen molar-refractivity contribution in [1.82, 2.24) is 15.2 Å². The summed E-state index contributed by atoms with van der Waals surface area (Å²) in [5.41, 5.74) is -0.243. The van der Waals surface area contributed by atoms with Crippen molar-refractivity contribution in [2.24, 2.45) is 4.99 Å². The summed E-state index contributed by atoms with van der Waals surface area (Å²) in [6, 6.07) is 2.87. The Bertz CT molecular complexity index is 1310. The quantitative estimate of drug-likeness (QED) is 0.417. The Morgan fingerprint density at radius 1 is 1.30 bits per heavy atom. The monoisotopic (exact) mass is 542 g/mol. The van der Waals surface area contributed by atoms with E-state index in [0.717, 1.165) is 30.2 Å². The minimum absolute atomic E-state index is 0.102. The van der Waals surface area contributed by atoms with E-state index in [1.54, 1.807) is 0 Å². The second-order valence-corrected chi connectivity index (χ2v) is 8.63. The summed E-state index contributed by atoms with van der Waals surface area (Å²) in [5, 5.41) is 12.1. The number of aliphatic carboxylic acids is 1. The summed E-state index contributed by atoms with van der Waals surface area (Å²) in [6.07, 6.45) is -0.860. The zero-order valence-corrected chi connectivity index (χ0v) is 19.8. The molecular formula is C23H19ClF4N4O5.